The molecule has 1 fully saturated rings. The topological polar surface area (TPSA) is 71.8 Å². The van der Waals surface area contributed by atoms with Gasteiger partial charge in [0, 0.05) is 12.6 Å². The minimum atomic E-state index is -0.615. The summed E-state index contributed by atoms with van der Waals surface area (Å²) in [6.45, 7) is 3.92. The lowest BCUT2D eigenvalue weighted by Crippen LogP contribution is -2.30. The van der Waals surface area contributed by atoms with Crippen LogP contribution in [-0.4, -0.2) is 40.5 Å². The number of nitrogens with zero attached hydrogens (tertiary/aromatic N) is 3. The standard InChI is InChI=1S/C17H21F2N5O.ClH/c1-11-16(22-23-24(11)14-5-7-20-8-6-14)17(25)21-9-4-12-2-3-13(18)10-15(12)19;/h2-3,10,14,20H,4-9H2,1H3,(H,21,25);1H. The van der Waals surface area contributed by atoms with Gasteiger partial charge in [0.2, 0.25) is 0 Å². The maximum absolute atomic E-state index is 13.6. The van der Waals surface area contributed by atoms with Crippen molar-refractivity contribution in [2.45, 2.75) is 32.2 Å². The Labute approximate surface area is 156 Å². The van der Waals surface area contributed by atoms with E-state index in [-0.39, 0.29) is 43.0 Å². The molecule has 1 aromatic carbocycles. The first-order valence-electron chi connectivity index (χ1n) is 8.41. The van der Waals surface area contributed by atoms with Crippen LogP contribution in [0.4, 0.5) is 8.78 Å². The molecule has 1 saturated heterocycles. The molecule has 1 aliphatic heterocycles. The zero-order chi connectivity index (χ0) is 17.8. The molecular weight excluding hydrogens is 364 g/mol. The summed E-state index contributed by atoms with van der Waals surface area (Å²) in [4.78, 5) is 12.3. The number of carbonyl (C=O) groups is 1. The number of hydrogen-bond donors (Lipinski definition) is 2. The average Bonchev–Trinajstić information content (AvgIpc) is 2.99. The van der Waals surface area contributed by atoms with Gasteiger partial charge in [-0.3, -0.25) is 4.79 Å². The molecule has 2 N–H and O–H groups in total. The fourth-order valence-corrected chi connectivity index (χ4v) is 3.07. The van der Waals surface area contributed by atoms with Crippen LogP contribution in [0.2, 0.25) is 0 Å². The second-order valence-corrected chi connectivity index (χ2v) is 6.19. The van der Waals surface area contributed by atoms with Gasteiger partial charge in [0.15, 0.2) is 5.69 Å². The smallest absolute Gasteiger partial charge is 0.273 e. The molecule has 0 spiro atoms. The average molecular weight is 386 g/mol. The van der Waals surface area contributed by atoms with E-state index in [4.69, 9.17) is 0 Å². The second kappa shape index (κ2) is 9.05. The molecule has 0 bridgehead atoms. The summed E-state index contributed by atoms with van der Waals surface area (Å²) in [5.41, 5.74) is 1.38. The normalized spacial score (nSPS) is 14.7. The molecule has 6 nitrogen and oxygen atoms in total. The first-order chi connectivity index (χ1) is 12.1. The van der Waals surface area contributed by atoms with E-state index in [9.17, 15) is 13.6 Å². The first-order valence-corrected chi connectivity index (χ1v) is 8.41. The molecule has 3 rings (SSSR count). The van der Waals surface area contributed by atoms with Crippen molar-refractivity contribution in [3.05, 3.63) is 46.8 Å². The number of piperidine rings is 1. The highest BCUT2D eigenvalue weighted by molar-refractivity contribution is 5.93. The zero-order valence-electron chi connectivity index (χ0n) is 14.5. The lowest BCUT2D eigenvalue weighted by molar-refractivity contribution is 0.0948. The Morgan fingerprint density at radius 1 is 1.35 bits per heavy atom. The molecule has 142 valence electrons. The van der Waals surface area contributed by atoms with Crippen molar-refractivity contribution in [2.75, 3.05) is 19.6 Å². The lowest BCUT2D eigenvalue weighted by atomic mass is 10.1. The molecule has 1 aromatic heterocycles. The van der Waals surface area contributed by atoms with E-state index in [1.165, 1.54) is 12.1 Å². The SMILES string of the molecule is Cc1c(C(=O)NCCc2ccc(F)cc2F)nnn1C1CCNCC1.Cl. The maximum Gasteiger partial charge on any atom is 0.273 e. The summed E-state index contributed by atoms with van der Waals surface area (Å²) in [7, 11) is 0. The Bertz CT molecular complexity index is 762. The molecule has 0 radical (unpaired) electrons. The summed E-state index contributed by atoms with van der Waals surface area (Å²) in [5, 5.41) is 14.1. The van der Waals surface area contributed by atoms with Gasteiger partial charge < -0.3 is 10.6 Å². The Morgan fingerprint density at radius 2 is 2.08 bits per heavy atom. The summed E-state index contributed by atoms with van der Waals surface area (Å²) in [5.74, 6) is -1.56. The van der Waals surface area contributed by atoms with Crippen molar-refractivity contribution in [1.82, 2.24) is 25.6 Å². The molecule has 0 saturated carbocycles. The monoisotopic (exact) mass is 385 g/mol. The van der Waals surface area contributed by atoms with Gasteiger partial charge in [0.1, 0.15) is 11.6 Å². The van der Waals surface area contributed by atoms with E-state index in [1.54, 1.807) is 0 Å². The van der Waals surface area contributed by atoms with E-state index < -0.39 is 11.6 Å². The molecule has 1 aliphatic rings. The third-order valence-electron chi connectivity index (χ3n) is 4.49. The van der Waals surface area contributed by atoms with Crippen molar-refractivity contribution in [2.24, 2.45) is 0 Å². The van der Waals surface area contributed by atoms with E-state index in [0.29, 0.717) is 5.56 Å². The number of rotatable bonds is 5. The van der Waals surface area contributed by atoms with Gasteiger partial charge in [-0.25, -0.2) is 13.5 Å². The van der Waals surface area contributed by atoms with Crippen molar-refractivity contribution in [3.8, 4) is 0 Å². The van der Waals surface area contributed by atoms with Crippen LogP contribution in [0.15, 0.2) is 18.2 Å². The van der Waals surface area contributed by atoms with Crippen LogP contribution < -0.4 is 10.6 Å². The van der Waals surface area contributed by atoms with Crippen LogP contribution in [0.1, 0.15) is 40.6 Å². The number of hydrogen-bond acceptors (Lipinski definition) is 4. The molecule has 1 amide bonds. The summed E-state index contributed by atoms with van der Waals surface area (Å²) >= 11 is 0. The van der Waals surface area contributed by atoms with Crippen molar-refractivity contribution < 1.29 is 13.6 Å². The number of amides is 1. The molecule has 0 atom stereocenters. The number of benzene rings is 1. The molecular formula is C17H22ClF2N5O. The van der Waals surface area contributed by atoms with E-state index >= 15 is 0 Å². The Kier molecular flexibility index (Phi) is 7.05. The largest absolute Gasteiger partial charge is 0.350 e. The molecule has 26 heavy (non-hydrogen) atoms. The fraction of sp³-hybridized carbons (Fsp3) is 0.471. The summed E-state index contributed by atoms with van der Waals surface area (Å²) < 4.78 is 28.3. The van der Waals surface area contributed by atoms with Crippen molar-refractivity contribution >= 4 is 18.3 Å². The van der Waals surface area contributed by atoms with Crippen LogP contribution in [0.5, 0.6) is 0 Å². The van der Waals surface area contributed by atoms with Crippen LogP contribution in [0.25, 0.3) is 0 Å². The molecule has 0 unspecified atom stereocenters. The Morgan fingerprint density at radius 3 is 2.77 bits per heavy atom. The van der Waals surface area contributed by atoms with Gasteiger partial charge >= 0.3 is 0 Å². The number of nitrogens with one attached hydrogen (secondary N) is 2. The highest BCUT2D eigenvalue weighted by atomic mass is 35.5. The number of aromatic nitrogens is 3. The summed E-state index contributed by atoms with van der Waals surface area (Å²) in [6.07, 6.45) is 2.18. The Balaban J connectivity index is 0.00000243. The van der Waals surface area contributed by atoms with E-state index in [2.05, 4.69) is 20.9 Å². The minimum Gasteiger partial charge on any atom is -0.350 e. The molecule has 9 heteroatoms. The van der Waals surface area contributed by atoms with Crippen molar-refractivity contribution in [1.29, 1.82) is 0 Å². The third-order valence-corrected chi connectivity index (χ3v) is 4.49. The third kappa shape index (κ3) is 4.56. The van der Waals surface area contributed by atoms with Gasteiger partial charge in [-0.1, -0.05) is 11.3 Å². The van der Waals surface area contributed by atoms with Gasteiger partial charge in [-0.05, 0) is 50.9 Å². The van der Waals surface area contributed by atoms with Crippen LogP contribution in [0.3, 0.4) is 0 Å². The minimum absolute atomic E-state index is 0. The zero-order valence-corrected chi connectivity index (χ0v) is 15.3. The van der Waals surface area contributed by atoms with Gasteiger partial charge in [-0.15, -0.1) is 17.5 Å². The van der Waals surface area contributed by atoms with Gasteiger partial charge in [-0.2, -0.15) is 0 Å². The number of carbonyl (C=O) groups excluding carboxylic acids is 1. The van der Waals surface area contributed by atoms with Gasteiger partial charge in [0.05, 0.1) is 11.7 Å². The van der Waals surface area contributed by atoms with E-state index in [0.717, 1.165) is 37.7 Å². The quantitative estimate of drug-likeness (QED) is 0.827. The highest BCUT2D eigenvalue weighted by Gasteiger charge is 2.22. The molecule has 2 heterocycles. The highest BCUT2D eigenvalue weighted by Crippen LogP contribution is 2.20. The van der Waals surface area contributed by atoms with E-state index in [1.807, 2.05) is 11.6 Å². The second-order valence-electron chi connectivity index (χ2n) is 6.19. The number of halogens is 3. The van der Waals surface area contributed by atoms with Crippen molar-refractivity contribution in [3.63, 3.8) is 0 Å². The molecule has 2 aromatic rings. The predicted molar refractivity (Wildman–Crippen MR) is 95.5 cm³/mol. The van der Waals surface area contributed by atoms with Gasteiger partial charge in [0.25, 0.3) is 5.91 Å². The van der Waals surface area contributed by atoms with Crippen LogP contribution in [-0.2, 0) is 6.42 Å². The molecule has 0 aliphatic carbocycles. The fourth-order valence-electron chi connectivity index (χ4n) is 3.07. The van der Waals surface area contributed by atoms with Crippen LogP contribution >= 0.6 is 12.4 Å². The van der Waals surface area contributed by atoms with Crippen LogP contribution in [0, 0.1) is 18.6 Å². The Hall–Kier alpha value is -2.06. The maximum atomic E-state index is 13.6. The first kappa shape index (κ1) is 20.3. The summed E-state index contributed by atoms with van der Waals surface area (Å²) in [6, 6.07) is 3.68. The lowest BCUT2D eigenvalue weighted by Gasteiger charge is -2.23. The predicted octanol–water partition coefficient (Wildman–Crippen LogP) is 2.18.